The van der Waals surface area contributed by atoms with Crippen LogP contribution in [0.4, 0.5) is 11.5 Å². The maximum atomic E-state index is 12.8. The van der Waals surface area contributed by atoms with Crippen LogP contribution < -0.4 is 10.0 Å². The number of amides is 1. The van der Waals surface area contributed by atoms with E-state index in [9.17, 15) is 13.2 Å². The average Bonchev–Trinajstić information content (AvgIpc) is 3.61. The van der Waals surface area contributed by atoms with Crippen LogP contribution in [-0.2, 0) is 14.8 Å². The summed E-state index contributed by atoms with van der Waals surface area (Å²) < 4.78 is 28.6. The van der Waals surface area contributed by atoms with Gasteiger partial charge in [0.15, 0.2) is 0 Å². The van der Waals surface area contributed by atoms with Gasteiger partial charge in [0.25, 0.3) is 10.0 Å². The zero-order valence-electron chi connectivity index (χ0n) is 17.3. The number of carbonyl (C=O) groups excluding carboxylic acids is 1. The van der Waals surface area contributed by atoms with E-state index in [0.717, 1.165) is 32.0 Å². The summed E-state index contributed by atoms with van der Waals surface area (Å²) in [6, 6.07) is 17.5. The highest BCUT2D eigenvalue weighted by atomic mass is 127. The Kier molecular flexibility index (Phi) is 5.75. The van der Waals surface area contributed by atoms with Crippen LogP contribution in [0.3, 0.4) is 0 Å². The summed E-state index contributed by atoms with van der Waals surface area (Å²) in [5.74, 6) is 0.179. The highest BCUT2D eigenvalue weighted by molar-refractivity contribution is 14.1. The molecule has 4 aromatic rings. The molecule has 166 valence electrons. The van der Waals surface area contributed by atoms with Crippen molar-refractivity contribution in [3.05, 3.63) is 88.4 Å². The van der Waals surface area contributed by atoms with Crippen LogP contribution in [0.25, 0.3) is 10.8 Å². The van der Waals surface area contributed by atoms with Gasteiger partial charge in [0.2, 0.25) is 5.91 Å². The topological polar surface area (TPSA) is 101 Å². The lowest BCUT2D eigenvalue weighted by Gasteiger charge is -2.09. The quantitative estimate of drug-likeness (QED) is 0.325. The Balaban J connectivity index is 1.25. The molecule has 2 aromatic carbocycles. The van der Waals surface area contributed by atoms with Crippen molar-refractivity contribution in [1.29, 1.82) is 0 Å². The highest BCUT2D eigenvalue weighted by Crippen LogP contribution is 2.48. The number of hydrogen-bond donors (Lipinski definition) is 2. The molecule has 1 fully saturated rings. The first-order chi connectivity index (χ1) is 15.9. The third kappa shape index (κ3) is 4.69. The van der Waals surface area contributed by atoms with Gasteiger partial charge in [-0.25, -0.2) is 13.4 Å². The molecule has 9 heteroatoms. The van der Waals surface area contributed by atoms with Gasteiger partial charge in [-0.3, -0.25) is 14.5 Å². The number of nitrogens with zero attached hydrogens (tertiary/aromatic N) is 2. The fraction of sp³-hybridized carbons (Fsp3) is 0.125. The molecular weight excluding hydrogens is 551 g/mol. The molecule has 1 aliphatic rings. The predicted octanol–water partition coefficient (Wildman–Crippen LogP) is 4.78. The van der Waals surface area contributed by atoms with Crippen molar-refractivity contribution >= 4 is 60.8 Å². The molecule has 1 saturated carbocycles. The summed E-state index contributed by atoms with van der Waals surface area (Å²) in [6.07, 6.45) is 5.85. The lowest BCUT2D eigenvalue weighted by atomic mass is 10.1. The molecule has 0 spiro atoms. The Morgan fingerprint density at radius 2 is 1.85 bits per heavy atom. The fourth-order valence-electron chi connectivity index (χ4n) is 3.81. The van der Waals surface area contributed by atoms with Crippen molar-refractivity contribution in [2.45, 2.75) is 17.2 Å². The Labute approximate surface area is 204 Å². The summed E-state index contributed by atoms with van der Waals surface area (Å²) in [6.45, 7) is 0. The molecule has 0 radical (unpaired) electrons. The van der Waals surface area contributed by atoms with Crippen LogP contribution in [0.2, 0.25) is 0 Å². The number of benzene rings is 2. The van der Waals surface area contributed by atoms with Gasteiger partial charge in [-0.15, -0.1) is 0 Å². The fourth-order valence-corrected chi connectivity index (χ4v) is 5.44. The number of pyridine rings is 2. The molecule has 0 aliphatic heterocycles. The minimum atomic E-state index is -3.72. The van der Waals surface area contributed by atoms with Gasteiger partial charge in [0.05, 0.1) is 4.90 Å². The molecule has 2 atom stereocenters. The smallest absolute Gasteiger partial charge is 0.263 e. The van der Waals surface area contributed by atoms with E-state index in [1.165, 1.54) is 6.20 Å². The first kappa shape index (κ1) is 21.8. The van der Waals surface area contributed by atoms with Gasteiger partial charge in [0, 0.05) is 44.5 Å². The number of rotatable bonds is 6. The number of halogens is 1. The maximum Gasteiger partial charge on any atom is 0.263 e. The maximum absolute atomic E-state index is 12.8. The normalized spacial score (nSPS) is 17.5. The number of anilines is 2. The van der Waals surface area contributed by atoms with Crippen LogP contribution in [-0.4, -0.2) is 24.3 Å². The van der Waals surface area contributed by atoms with E-state index >= 15 is 0 Å². The third-order valence-corrected chi connectivity index (χ3v) is 7.86. The second kappa shape index (κ2) is 8.71. The van der Waals surface area contributed by atoms with Crippen molar-refractivity contribution in [2.75, 3.05) is 10.0 Å². The molecule has 0 saturated heterocycles. The monoisotopic (exact) mass is 570 g/mol. The Bertz CT molecular complexity index is 1440. The molecule has 2 aromatic heterocycles. The van der Waals surface area contributed by atoms with E-state index in [2.05, 4.69) is 42.6 Å². The van der Waals surface area contributed by atoms with Gasteiger partial charge < -0.3 is 5.32 Å². The molecule has 5 rings (SSSR count). The van der Waals surface area contributed by atoms with Crippen molar-refractivity contribution in [2.24, 2.45) is 5.92 Å². The minimum absolute atomic E-state index is 0.0306. The molecule has 0 bridgehead atoms. The Hall–Kier alpha value is -3.05. The number of nitrogens with one attached hydrogen (secondary N) is 2. The minimum Gasteiger partial charge on any atom is -0.326 e. The van der Waals surface area contributed by atoms with Crippen LogP contribution in [0.1, 0.15) is 17.9 Å². The standard InChI is InChI=1S/C24H19IN4O3S/c25-22-14-26-13-16-4-7-17(11-20(16)22)28-24(30)21-12-19(21)15-5-8-18(9-6-15)33(31,32)29-23-3-1-2-10-27-23/h1-11,13-14,19,21H,12H2,(H,27,29)(H,28,30). The van der Waals surface area contributed by atoms with Gasteiger partial charge in [0.1, 0.15) is 5.82 Å². The molecule has 2 N–H and O–H groups in total. The molecule has 33 heavy (non-hydrogen) atoms. The molecule has 1 amide bonds. The van der Waals surface area contributed by atoms with E-state index < -0.39 is 10.0 Å². The first-order valence-electron chi connectivity index (χ1n) is 10.3. The van der Waals surface area contributed by atoms with Crippen LogP contribution in [0, 0.1) is 9.49 Å². The van der Waals surface area contributed by atoms with Gasteiger partial charge in [-0.1, -0.05) is 24.3 Å². The van der Waals surface area contributed by atoms with E-state index in [1.54, 1.807) is 54.9 Å². The molecule has 7 nitrogen and oxygen atoms in total. The van der Waals surface area contributed by atoms with Crippen molar-refractivity contribution < 1.29 is 13.2 Å². The zero-order chi connectivity index (χ0) is 23.0. The van der Waals surface area contributed by atoms with Crippen LogP contribution in [0.15, 0.2) is 84.1 Å². The lowest BCUT2D eigenvalue weighted by Crippen LogP contribution is -2.15. The van der Waals surface area contributed by atoms with E-state index in [-0.39, 0.29) is 28.5 Å². The van der Waals surface area contributed by atoms with E-state index in [1.807, 2.05) is 18.2 Å². The second-order valence-electron chi connectivity index (χ2n) is 7.88. The summed E-state index contributed by atoms with van der Waals surface area (Å²) in [5.41, 5.74) is 1.70. The molecule has 2 unspecified atom stereocenters. The average molecular weight is 570 g/mol. The first-order valence-corrected chi connectivity index (χ1v) is 12.8. The molecule has 2 heterocycles. The number of fused-ring (bicyclic) bond motifs is 1. The Morgan fingerprint density at radius 3 is 2.61 bits per heavy atom. The zero-order valence-corrected chi connectivity index (χ0v) is 20.2. The van der Waals surface area contributed by atoms with E-state index in [4.69, 9.17) is 0 Å². The number of carbonyl (C=O) groups is 1. The number of aromatic nitrogens is 2. The van der Waals surface area contributed by atoms with Crippen molar-refractivity contribution in [3.8, 4) is 0 Å². The van der Waals surface area contributed by atoms with Crippen LogP contribution in [0.5, 0.6) is 0 Å². The van der Waals surface area contributed by atoms with Gasteiger partial charge in [-0.05, 0) is 76.9 Å². The summed E-state index contributed by atoms with van der Waals surface area (Å²) in [4.78, 5) is 21.1. The predicted molar refractivity (Wildman–Crippen MR) is 135 cm³/mol. The summed E-state index contributed by atoms with van der Waals surface area (Å²) >= 11 is 2.23. The number of sulfonamides is 1. The lowest BCUT2D eigenvalue weighted by molar-refractivity contribution is -0.117. The summed E-state index contributed by atoms with van der Waals surface area (Å²) in [5, 5.41) is 5.08. The number of hydrogen-bond acceptors (Lipinski definition) is 5. The van der Waals surface area contributed by atoms with Crippen molar-refractivity contribution in [1.82, 2.24) is 9.97 Å². The van der Waals surface area contributed by atoms with Gasteiger partial charge in [-0.2, -0.15) is 0 Å². The second-order valence-corrected chi connectivity index (χ2v) is 10.7. The Morgan fingerprint density at radius 1 is 1.03 bits per heavy atom. The highest BCUT2D eigenvalue weighted by Gasteiger charge is 2.44. The molecular formula is C24H19IN4O3S. The summed E-state index contributed by atoms with van der Waals surface area (Å²) in [7, 11) is -3.72. The third-order valence-electron chi connectivity index (χ3n) is 5.63. The SMILES string of the molecule is O=C(Nc1ccc2cncc(I)c2c1)C1CC1c1ccc(S(=O)(=O)Nc2ccccn2)cc1. The largest absolute Gasteiger partial charge is 0.326 e. The molecule has 1 aliphatic carbocycles. The van der Waals surface area contributed by atoms with Crippen molar-refractivity contribution in [3.63, 3.8) is 0 Å². The van der Waals surface area contributed by atoms with Crippen LogP contribution >= 0.6 is 22.6 Å². The van der Waals surface area contributed by atoms with Gasteiger partial charge >= 0.3 is 0 Å². The van der Waals surface area contributed by atoms with E-state index in [0.29, 0.717) is 0 Å².